The van der Waals surface area contributed by atoms with Crippen LogP contribution in [0.25, 0.3) is 0 Å². The Hall–Kier alpha value is -2.09. The molecule has 8 heteroatoms. The summed E-state index contributed by atoms with van der Waals surface area (Å²) in [4.78, 5) is 36.4. The Bertz CT molecular complexity index is 499. The van der Waals surface area contributed by atoms with Crippen LogP contribution in [0.1, 0.15) is 22.7 Å². The lowest BCUT2D eigenvalue weighted by Gasteiger charge is -2.22. The monoisotopic (exact) mass is 299 g/mol. The predicted molar refractivity (Wildman–Crippen MR) is 74.4 cm³/mol. The minimum absolute atomic E-state index is 0.273. The van der Waals surface area contributed by atoms with Gasteiger partial charge in [-0.2, -0.15) is 0 Å². The Morgan fingerprint density at radius 3 is 2.50 bits per heavy atom. The molecule has 7 nitrogen and oxygen atoms in total. The molecule has 20 heavy (non-hydrogen) atoms. The SMILES string of the molecule is Cc1ccc(C(C)NC(=O)N(CC(N)=O)CC(=O)O)s1. The second-order valence-electron chi connectivity index (χ2n) is 4.34. The van der Waals surface area contributed by atoms with Crippen molar-refractivity contribution < 1.29 is 19.5 Å². The van der Waals surface area contributed by atoms with Gasteiger partial charge in [0.05, 0.1) is 6.04 Å². The number of carbonyl (C=O) groups excluding carboxylic acids is 2. The Morgan fingerprint density at radius 2 is 2.05 bits per heavy atom. The van der Waals surface area contributed by atoms with Gasteiger partial charge in [0.15, 0.2) is 0 Å². The molecule has 1 atom stereocenters. The molecule has 1 aromatic heterocycles. The first-order valence-electron chi connectivity index (χ1n) is 5.91. The maximum Gasteiger partial charge on any atom is 0.323 e. The van der Waals surface area contributed by atoms with Crippen LogP contribution >= 0.6 is 11.3 Å². The smallest absolute Gasteiger partial charge is 0.323 e. The lowest BCUT2D eigenvalue weighted by atomic mass is 10.3. The number of carbonyl (C=O) groups is 3. The highest BCUT2D eigenvalue weighted by Crippen LogP contribution is 2.22. The molecule has 1 aromatic rings. The number of nitrogens with zero attached hydrogens (tertiary/aromatic N) is 1. The van der Waals surface area contributed by atoms with Crippen LogP contribution in [0.2, 0.25) is 0 Å². The Kier molecular flexibility index (Phi) is 5.51. The summed E-state index contributed by atoms with van der Waals surface area (Å²) in [5, 5.41) is 11.4. The molecular formula is C12H17N3O4S. The molecular weight excluding hydrogens is 282 g/mol. The van der Waals surface area contributed by atoms with Crippen LogP contribution in [-0.2, 0) is 9.59 Å². The number of carboxylic acids is 1. The third-order valence-electron chi connectivity index (χ3n) is 2.49. The molecule has 0 aliphatic heterocycles. The zero-order valence-electron chi connectivity index (χ0n) is 11.3. The molecule has 0 spiro atoms. The van der Waals surface area contributed by atoms with E-state index in [1.807, 2.05) is 19.1 Å². The van der Waals surface area contributed by atoms with E-state index in [4.69, 9.17) is 10.8 Å². The number of nitrogens with one attached hydrogen (secondary N) is 1. The summed E-state index contributed by atoms with van der Waals surface area (Å²) in [6.45, 7) is 2.72. The van der Waals surface area contributed by atoms with Crippen LogP contribution in [0.5, 0.6) is 0 Å². The number of rotatable bonds is 6. The van der Waals surface area contributed by atoms with Gasteiger partial charge in [-0.15, -0.1) is 11.3 Å². The number of carboxylic acid groups (broad SMARTS) is 1. The van der Waals surface area contributed by atoms with E-state index >= 15 is 0 Å². The first-order chi connectivity index (χ1) is 9.29. The fraction of sp³-hybridized carbons (Fsp3) is 0.417. The molecule has 110 valence electrons. The van der Waals surface area contributed by atoms with Gasteiger partial charge in [0.1, 0.15) is 13.1 Å². The fourth-order valence-electron chi connectivity index (χ4n) is 1.58. The second kappa shape index (κ2) is 6.90. The molecule has 0 saturated carbocycles. The van der Waals surface area contributed by atoms with Gasteiger partial charge in [0.25, 0.3) is 0 Å². The van der Waals surface area contributed by atoms with Gasteiger partial charge < -0.3 is 21.1 Å². The van der Waals surface area contributed by atoms with Crippen LogP contribution in [-0.4, -0.2) is 41.0 Å². The van der Waals surface area contributed by atoms with Crippen molar-refractivity contribution in [3.8, 4) is 0 Å². The third kappa shape index (κ3) is 4.88. The summed E-state index contributed by atoms with van der Waals surface area (Å²) in [6, 6.07) is 2.91. The number of amides is 3. The average molecular weight is 299 g/mol. The molecule has 0 aromatic carbocycles. The van der Waals surface area contributed by atoms with E-state index in [0.29, 0.717) is 0 Å². The van der Waals surface area contributed by atoms with Crippen LogP contribution in [0.4, 0.5) is 4.79 Å². The first-order valence-corrected chi connectivity index (χ1v) is 6.73. The summed E-state index contributed by atoms with van der Waals surface area (Å²) in [5.74, 6) is -1.97. The van der Waals surface area contributed by atoms with E-state index in [-0.39, 0.29) is 6.04 Å². The highest BCUT2D eigenvalue weighted by molar-refractivity contribution is 7.12. The van der Waals surface area contributed by atoms with Crippen molar-refractivity contribution in [2.75, 3.05) is 13.1 Å². The molecule has 1 unspecified atom stereocenters. The molecule has 4 N–H and O–H groups in total. The fourth-order valence-corrected chi connectivity index (χ4v) is 2.46. The second-order valence-corrected chi connectivity index (χ2v) is 5.66. The van der Waals surface area contributed by atoms with E-state index < -0.39 is 31.0 Å². The van der Waals surface area contributed by atoms with Gasteiger partial charge in [0.2, 0.25) is 5.91 Å². The minimum Gasteiger partial charge on any atom is -0.480 e. The first kappa shape index (κ1) is 16.0. The van der Waals surface area contributed by atoms with Crippen molar-refractivity contribution in [1.82, 2.24) is 10.2 Å². The van der Waals surface area contributed by atoms with Gasteiger partial charge in [0, 0.05) is 9.75 Å². The maximum absolute atomic E-state index is 12.0. The van der Waals surface area contributed by atoms with Gasteiger partial charge in [-0.1, -0.05) is 0 Å². The lowest BCUT2D eigenvalue weighted by Crippen LogP contribution is -2.47. The number of urea groups is 1. The number of nitrogens with two attached hydrogens (primary N) is 1. The molecule has 0 radical (unpaired) electrons. The van der Waals surface area contributed by atoms with Crippen molar-refractivity contribution in [2.24, 2.45) is 5.73 Å². The molecule has 3 amide bonds. The van der Waals surface area contributed by atoms with E-state index in [1.54, 1.807) is 6.92 Å². The van der Waals surface area contributed by atoms with Gasteiger partial charge in [-0.05, 0) is 26.0 Å². The number of thiophene rings is 1. The molecule has 0 saturated heterocycles. The van der Waals surface area contributed by atoms with Crippen LogP contribution in [0, 0.1) is 6.92 Å². The van der Waals surface area contributed by atoms with Crippen molar-refractivity contribution in [3.63, 3.8) is 0 Å². The van der Waals surface area contributed by atoms with Gasteiger partial charge >= 0.3 is 12.0 Å². The number of aliphatic carboxylic acids is 1. The Labute approximate surface area is 120 Å². The standard InChI is InChI=1S/C12H17N3O4S/c1-7-3-4-9(20-7)8(2)14-12(19)15(5-10(13)16)6-11(17)18/h3-4,8H,5-6H2,1-2H3,(H2,13,16)(H,14,19)(H,17,18). The predicted octanol–water partition coefficient (Wildman–Crippen LogP) is 0.699. The summed E-state index contributed by atoms with van der Waals surface area (Å²) >= 11 is 1.54. The number of hydrogen-bond acceptors (Lipinski definition) is 4. The number of primary amides is 1. The summed E-state index contributed by atoms with van der Waals surface area (Å²) in [7, 11) is 0. The molecule has 1 rings (SSSR count). The van der Waals surface area contributed by atoms with E-state index in [9.17, 15) is 14.4 Å². The van der Waals surface area contributed by atoms with Crippen molar-refractivity contribution in [1.29, 1.82) is 0 Å². The van der Waals surface area contributed by atoms with Crippen molar-refractivity contribution >= 4 is 29.2 Å². The molecule has 0 bridgehead atoms. The van der Waals surface area contributed by atoms with Crippen LogP contribution < -0.4 is 11.1 Å². The van der Waals surface area contributed by atoms with Crippen molar-refractivity contribution in [2.45, 2.75) is 19.9 Å². The third-order valence-corrected chi connectivity index (χ3v) is 3.67. The highest BCUT2D eigenvalue weighted by Gasteiger charge is 2.21. The molecule has 0 fully saturated rings. The number of hydrogen-bond donors (Lipinski definition) is 3. The largest absolute Gasteiger partial charge is 0.480 e. The molecule has 0 aliphatic rings. The molecule has 0 aliphatic carbocycles. The van der Waals surface area contributed by atoms with Gasteiger partial charge in [-0.3, -0.25) is 9.59 Å². The van der Waals surface area contributed by atoms with Gasteiger partial charge in [-0.25, -0.2) is 4.79 Å². The quantitative estimate of drug-likeness (QED) is 0.717. The Balaban J connectivity index is 2.69. The van der Waals surface area contributed by atoms with Crippen LogP contribution in [0.3, 0.4) is 0 Å². The highest BCUT2D eigenvalue weighted by atomic mass is 32.1. The van der Waals surface area contributed by atoms with E-state index in [0.717, 1.165) is 14.7 Å². The Morgan fingerprint density at radius 1 is 1.40 bits per heavy atom. The minimum atomic E-state index is -1.21. The zero-order chi connectivity index (χ0) is 15.3. The summed E-state index contributed by atoms with van der Waals surface area (Å²) in [5.41, 5.74) is 5.00. The lowest BCUT2D eigenvalue weighted by molar-refractivity contribution is -0.137. The number of aryl methyl sites for hydroxylation is 1. The van der Waals surface area contributed by atoms with E-state index in [2.05, 4.69) is 5.32 Å². The normalized spacial score (nSPS) is 11.7. The average Bonchev–Trinajstić information content (AvgIpc) is 2.73. The summed E-state index contributed by atoms with van der Waals surface area (Å²) < 4.78 is 0. The molecule has 1 heterocycles. The summed E-state index contributed by atoms with van der Waals surface area (Å²) in [6.07, 6.45) is 0. The van der Waals surface area contributed by atoms with E-state index in [1.165, 1.54) is 11.3 Å². The maximum atomic E-state index is 12.0. The van der Waals surface area contributed by atoms with Crippen LogP contribution in [0.15, 0.2) is 12.1 Å². The van der Waals surface area contributed by atoms with Crippen molar-refractivity contribution in [3.05, 3.63) is 21.9 Å². The topological polar surface area (TPSA) is 113 Å². The zero-order valence-corrected chi connectivity index (χ0v) is 12.1.